The summed E-state index contributed by atoms with van der Waals surface area (Å²) in [5.74, 6) is 4.70. The fourth-order valence-corrected chi connectivity index (χ4v) is 3.27. The summed E-state index contributed by atoms with van der Waals surface area (Å²) in [7, 11) is -3.86. The van der Waals surface area contributed by atoms with E-state index < -0.39 is 34.8 Å². The summed E-state index contributed by atoms with van der Waals surface area (Å²) < 4.78 is 61.1. The van der Waals surface area contributed by atoms with Gasteiger partial charge in [0.15, 0.2) is 5.13 Å². The van der Waals surface area contributed by atoms with Crippen LogP contribution >= 0.6 is 11.3 Å². The summed E-state index contributed by atoms with van der Waals surface area (Å²) in [6.45, 7) is -0.0789. The highest BCUT2D eigenvalue weighted by atomic mass is 32.2. The number of sulfonamides is 1. The second-order valence-electron chi connectivity index (χ2n) is 3.94. The smallest absolute Gasteiger partial charge is 0.389 e. The first kappa shape index (κ1) is 17.7. The van der Waals surface area contributed by atoms with E-state index in [1.165, 1.54) is 6.20 Å². The quantitative estimate of drug-likeness (QED) is 0.775. The van der Waals surface area contributed by atoms with E-state index in [0.717, 1.165) is 11.3 Å². The maximum Gasteiger partial charge on any atom is 0.389 e. The molecule has 0 aliphatic carbocycles. The van der Waals surface area contributed by atoms with E-state index in [0.29, 0.717) is 4.88 Å². The van der Waals surface area contributed by atoms with Crippen molar-refractivity contribution in [2.45, 2.75) is 25.4 Å². The highest BCUT2D eigenvalue weighted by molar-refractivity contribution is 7.92. The lowest BCUT2D eigenvalue weighted by Crippen LogP contribution is -2.18. The van der Waals surface area contributed by atoms with Gasteiger partial charge in [-0.2, -0.15) is 13.2 Å². The average molecular weight is 342 g/mol. The number of aliphatic hydroxyl groups is 1. The molecule has 1 rings (SSSR count). The first-order valence-corrected chi connectivity index (χ1v) is 8.31. The minimum Gasteiger partial charge on any atom is -0.395 e. The molecule has 0 atom stereocenters. The van der Waals surface area contributed by atoms with Gasteiger partial charge in [-0.15, -0.1) is 0 Å². The van der Waals surface area contributed by atoms with Crippen molar-refractivity contribution in [3.63, 3.8) is 0 Å². The van der Waals surface area contributed by atoms with Crippen LogP contribution in [-0.4, -0.2) is 37.0 Å². The third-order valence-corrected chi connectivity index (χ3v) is 4.36. The van der Waals surface area contributed by atoms with Crippen molar-refractivity contribution in [1.82, 2.24) is 4.98 Å². The van der Waals surface area contributed by atoms with E-state index in [4.69, 9.17) is 5.11 Å². The first-order chi connectivity index (χ1) is 9.72. The third kappa shape index (κ3) is 7.89. The number of nitrogens with zero attached hydrogens (tertiary/aromatic N) is 1. The number of rotatable bonds is 6. The molecule has 0 aliphatic rings. The van der Waals surface area contributed by atoms with E-state index in [1.54, 1.807) is 0 Å². The zero-order valence-electron chi connectivity index (χ0n) is 10.8. The second-order valence-corrected chi connectivity index (χ2v) is 6.82. The van der Waals surface area contributed by atoms with Gasteiger partial charge in [0.2, 0.25) is 10.0 Å². The Balaban J connectivity index is 2.54. The number of aliphatic hydroxyl groups excluding tert-OH is 1. The third-order valence-electron chi connectivity index (χ3n) is 2.07. The molecule has 0 saturated carbocycles. The van der Waals surface area contributed by atoms with Gasteiger partial charge in [-0.3, -0.25) is 4.72 Å². The van der Waals surface area contributed by atoms with Crippen LogP contribution in [0.5, 0.6) is 0 Å². The number of alkyl halides is 3. The lowest BCUT2D eigenvalue weighted by atomic mass is 10.3. The van der Waals surface area contributed by atoms with Gasteiger partial charge in [0, 0.05) is 12.8 Å². The Morgan fingerprint density at radius 2 is 2.14 bits per heavy atom. The molecule has 1 aromatic rings. The van der Waals surface area contributed by atoms with Crippen molar-refractivity contribution in [3.8, 4) is 11.8 Å². The Kier molecular flexibility index (Phi) is 6.44. The monoisotopic (exact) mass is 342 g/mol. The van der Waals surface area contributed by atoms with Crippen LogP contribution in [0.2, 0.25) is 0 Å². The predicted molar refractivity (Wildman–Crippen MR) is 73.4 cm³/mol. The number of aromatic nitrogens is 1. The number of halogens is 3. The Labute approximate surface area is 124 Å². The normalized spacial score (nSPS) is 11.8. The Morgan fingerprint density at radius 3 is 2.76 bits per heavy atom. The maximum absolute atomic E-state index is 12.0. The van der Waals surface area contributed by atoms with E-state index in [1.807, 2.05) is 0 Å². The highest BCUT2D eigenvalue weighted by Gasteiger charge is 2.27. The second kappa shape index (κ2) is 7.63. The molecule has 5 nitrogen and oxygen atoms in total. The lowest BCUT2D eigenvalue weighted by molar-refractivity contribution is -0.134. The van der Waals surface area contributed by atoms with Crippen LogP contribution in [0.1, 0.15) is 24.1 Å². The van der Waals surface area contributed by atoms with Crippen LogP contribution in [-0.2, 0) is 10.0 Å². The summed E-state index contributed by atoms with van der Waals surface area (Å²) in [5.41, 5.74) is 0. The Bertz CT molecular complexity index is 615. The molecule has 1 aromatic heterocycles. The van der Waals surface area contributed by atoms with Crippen molar-refractivity contribution in [2.24, 2.45) is 0 Å². The zero-order chi connectivity index (χ0) is 15.9. The van der Waals surface area contributed by atoms with Gasteiger partial charge in [0.05, 0.1) is 23.4 Å². The van der Waals surface area contributed by atoms with Crippen LogP contribution < -0.4 is 4.72 Å². The zero-order valence-corrected chi connectivity index (χ0v) is 12.4. The molecule has 0 unspecified atom stereocenters. The Morgan fingerprint density at radius 1 is 1.43 bits per heavy atom. The van der Waals surface area contributed by atoms with Gasteiger partial charge >= 0.3 is 6.18 Å². The van der Waals surface area contributed by atoms with E-state index in [-0.39, 0.29) is 18.2 Å². The van der Waals surface area contributed by atoms with Crippen molar-refractivity contribution in [1.29, 1.82) is 0 Å². The van der Waals surface area contributed by atoms with Crippen molar-refractivity contribution >= 4 is 26.5 Å². The fourth-order valence-electron chi connectivity index (χ4n) is 1.23. The largest absolute Gasteiger partial charge is 0.395 e. The van der Waals surface area contributed by atoms with Crippen LogP contribution in [0.25, 0.3) is 0 Å². The van der Waals surface area contributed by atoms with Gasteiger partial charge in [0.1, 0.15) is 0 Å². The van der Waals surface area contributed by atoms with Crippen molar-refractivity contribution in [2.75, 3.05) is 17.1 Å². The van der Waals surface area contributed by atoms with Crippen LogP contribution in [0.15, 0.2) is 6.20 Å². The van der Waals surface area contributed by atoms with Crippen LogP contribution in [0.3, 0.4) is 0 Å². The number of thiazole rings is 1. The average Bonchev–Trinajstić information content (AvgIpc) is 2.74. The molecule has 0 aromatic carbocycles. The summed E-state index contributed by atoms with van der Waals surface area (Å²) in [6.07, 6.45) is -4.39. The number of anilines is 1. The molecule has 0 radical (unpaired) electrons. The van der Waals surface area contributed by atoms with E-state index in [2.05, 4.69) is 21.5 Å². The van der Waals surface area contributed by atoms with Gasteiger partial charge in [-0.05, 0) is 6.42 Å². The maximum atomic E-state index is 12.0. The van der Waals surface area contributed by atoms with Gasteiger partial charge in [-0.1, -0.05) is 23.2 Å². The highest BCUT2D eigenvalue weighted by Crippen LogP contribution is 2.22. The molecule has 10 heteroatoms. The summed E-state index contributed by atoms with van der Waals surface area (Å²) >= 11 is 0.970. The lowest BCUT2D eigenvalue weighted by Gasteiger charge is -2.07. The van der Waals surface area contributed by atoms with E-state index in [9.17, 15) is 21.6 Å². The first-order valence-electron chi connectivity index (χ1n) is 5.85. The van der Waals surface area contributed by atoms with Gasteiger partial charge < -0.3 is 5.11 Å². The van der Waals surface area contributed by atoms with Gasteiger partial charge in [0.25, 0.3) is 0 Å². The number of hydrogen-bond acceptors (Lipinski definition) is 5. The molecule has 1 heterocycles. The molecule has 118 valence electrons. The minimum absolute atomic E-state index is 0.0512. The molecule has 0 fully saturated rings. The molecule has 21 heavy (non-hydrogen) atoms. The number of hydrogen-bond donors (Lipinski definition) is 2. The minimum atomic E-state index is -4.37. The van der Waals surface area contributed by atoms with E-state index >= 15 is 0 Å². The fraction of sp³-hybridized carbons (Fsp3) is 0.545. The molecule has 0 aliphatic heterocycles. The molecule has 0 saturated heterocycles. The van der Waals surface area contributed by atoms with Crippen LogP contribution in [0.4, 0.5) is 18.3 Å². The van der Waals surface area contributed by atoms with Crippen LogP contribution in [0, 0.1) is 11.8 Å². The topological polar surface area (TPSA) is 79.3 Å². The number of nitrogens with one attached hydrogen (secondary N) is 1. The molecular formula is C11H13F3N2O3S2. The molecule has 0 bridgehead atoms. The molecule has 0 spiro atoms. The Hall–Kier alpha value is -1.31. The van der Waals surface area contributed by atoms with Crippen molar-refractivity contribution in [3.05, 3.63) is 11.1 Å². The van der Waals surface area contributed by atoms with Crippen molar-refractivity contribution < 1.29 is 26.7 Å². The predicted octanol–water partition coefficient (Wildman–Crippen LogP) is 1.96. The SMILES string of the molecule is O=S(=O)(CCCC(F)(F)F)Nc1ncc(C#CCCO)s1. The molecule has 2 N–H and O–H groups in total. The summed E-state index contributed by atoms with van der Waals surface area (Å²) in [5, 5.41) is 8.61. The summed E-state index contributed by atoms with van der Waals surface area (Å²) in [6, 6.07) is 0. The summed E-state index contributed by atoms with van der Waals surface area (Å²) in [4.78, 5) is 4.27. The molecule has 0 amide bonds. The molecular weight excluding hydrogens is 329 g/mol. The standard InChI is InChI=1S/C11H13F3N2O3S2/c12-11(13,14)5-3-7-21(18,19)16-10-15-8-9(20-10)4-1-2-6-17/h8,17H,2-3,5-7H2,(H,15,16). The van der Waals surface area contributed by atoms with Gasteiger partial charge in [-0.25, -0.2) is 13.4 Å².